The zero-order valence-corrected chi connectivity index (χ0v) is 12.5. The molecular formula is C16H23N3O. The van der Waals surface area contributed by atoms with E-state index in [1.807, 2.05) is 0 Å². The quantitative estimate of drug-likeness (QED) is 0.842. The molecule has 0 radical (unpaired) electrons. The molecule has 1 unspecified atom stereocenters. The van der Waals surface area contributed by atoms with Crippen molar-refractivity contribution in [1.29, 1.82) is 0 Å². The van der Waals surface area contributed by atoms with Crippen LogP contribution in [0.3, 0.4) is 0 Å². The van der Waals surface area contributed by atoms with Gasteiger partial charge in [0.1, 0.15) is 0 Å². The zero-order chi connectivity index (χ0) is 14.4. The summed E-state index contributed by atoms with van der Waals surface area (Å²) >= 11 is 0. The average molecular weight is 273 g/mol. The largest absolute Gasteiger partial charge is 0.340 e. The molecule has 1 aromatic carbocycles. The molecule has 1 atom stereocenters. The summed E-state index contributed by atoms with van der Waals surface area (Å²) in [6, 6.07) is 11.1. The van der Waals surface area contributed by atoms with Crippen molar-refractivity contribution in [3.63, 3.8) is 0 Å². The maximum atomic E-state index is 4.98. The van der Waals surface area contributed by atoms with Crippen LogP contribution in [0.2, 0.25) is 0 Å². The lowest BCUT2D eigenvalue weighted by molar-refractivity contribution is 0.359. The summed E-state index contributed by atoms with van der Waals surface area (Å²) < 4.78 is 4.98. The van der Waals surface area contributed by atoms with Gasteiger partial charge in [0.25, 0.3) is 0 Å². The third kappa shape index (κ3) is 4.17. The lowest BCUT2D eigenvalue weighted by Crippen LogP contribution is -2.34. The highest BCUT2D eigenvalue weighted by atomic mass is 16.5. The van der Waals surface area contributed by atoms with Crippen LogP contribution in [0.1, 0.15) is 38.6 Å². The molecule has 0 bridgehead atoms. The van der Waals surface area contributed by atoms with E-state index in [9.17, 15) is 0 Å². The first-order valence-electron chi connectivity index (χ1n) is 7.12. The van der Waals surface area contributed by atoms with Crippen molar-refractivity contribution in [1.82, 2.24) is 15.5 Å². The number of hydrogen-bond acceptors (Lipinski definition) is 4. The van der Waals surface area contributed by atoms with Crippen LogP contribution in [-0.2, 0) is 11.8 Å². The molecule has 1 N–H and O–H groups in total. The Bertz CT molecular complexity index is 494. The van der Waals surface area contributed by atoms with Crippen molar-refractivity contribution < 1.29 is 4.52 Å². The maximum absolute atomic E-state index is 4.98. The van der Waals surface area contributed by atoms with Crippen LogP contribution in [0.4, 0.5) is 0 Å². The molecule has 4 heteroatoms. The van der Waals surface area contributed by atoms with Crippen LogP contribution in [0.25, 0.3) is 0 Å². The molecule has 108 valence electrons. The smallest absolute Gasteiger partial charge is 0.227 e. The van der Waals surface area contributed by atoms with Crippen molar-refractivity contribution in [3.8, 4) is 0 Å². The second-order valence-electron chi connectivity index (χ2n) is 5.89. The molecule has 0 spiro atoms. The highest BCUT2D eigenvalue weighted by molar-refractivity contribution is 5.23. The van der Waals surface area contributed by atoms with Crippen LogP contribution < -0.4 is 5.32 Å². The lowest BCUT2D eigenvalue weighted by Gasteiger charge is -2.29. The Balaban J connectivity index is 1.80. The molecule has 0 aliphatic carbocycles. The Labute approximate surface area is 120 Å². The van der Waals surface area contributed by atoms with Crippen LogP contribution >= 0.6 is 0 Å². The minimum Gasteiger partial charge on any atom is -0.340 e. The summed E-state index contributed by atoms with van der Waals surface area (Å²) in [6.07, 6.45) is 3.30. The van der Waals surface area contributed by atoms with Crippen molar-refractivity contribution in [2.24, 2.45) is 0 Å². The van der Waals surface area contributed by atoms with Gasteiger partial charge in [0.2, 0.25) is 5.89 Å². The predicted molar refractivity (Wildman–Crippen MR) is 79.6 cm³/mol. The van der Waals surface area contributed by atoms with E-state index in [1.165, 1.54) is 11.9 Å². The van der Waals surface area contributed by atoms with E-state index in [2.05, 4.69) is 66.6 Å². The Morgan fingerprint density at radius 1 is 1.25 bits per heavy atom. The molecule has 1 heterocycles. The third-order valence-electron chi connectivity index (χ3n) is 3.61. The van der Waals surface area contributed by atoms with Gasteiger partial charge in [-0.15, -0.1) is 0 Å². The van der Waals surface area contributed by atoms with E-state index in [0.29, 0.717) is 11.9 Å². The van der Waals surface area contributed by atoms with Gasteiger partial charge >= 0.3 is 0 Å². The first-order valence-corrected chi connectivity index (χ1v) is 7.12. The van der Waals surface area contributed by atoms with Crippen molar-refractivity contribution >= 4 is 0 Å². The summed E-state index contributed by atoms with van der Waals surface area (Å²) in [4.78, 5) is 4.02. The maximum Gasteiger partial charge on any atom is 0.227 e. The molecule has 2 rings (SSSR count). The number of rotatable bonds is 7. The SMILES string of the molecule is CC(CC(C)(C)c1ccccc1)NCCc1ncno1. The van der Waals surface area contributed by atoms with Crippen molar-refractivity contribution in [2.75, 3.05) is 6.54 Å². The standard InChI is InChI=1S/C16H23N3O/c1-13(17-10-9-15-18-12-19-20-15)11-16(2,3)14-7-5-4-6-8-14/h4-8,12-13,17H,9-11H2,1-3H3. The Kier molecular flexibility index (Phi) is 4.90. The normalized spacial score (nSPS) is 13.3. The fourth-order valence-corrected chi connectivity index (χ4v) is 2.58. The molecule has 0 aliphatic rings. The van der Waals surface area contributed by atoms with E-state index in [4.69, 9.17) is 4.52 Å². The molecular weight excluding hydrogens is 250 g/mol. The first-order chi connectivity index (χ1) is 9.58. The number of benzene rings is 1. The topological polar surface area (TPSA) is 51.0 Å². The minimum atomic E-state index is 0.165. The van der Waals surface area contributed by atoms with E-state index in [0.717, 1.165) is 19.4 Å². The molecule has 0 aliphatic heterocycles. The van der Waals surface area contributed by atoms with E-state index in [-0.39, 0.29) is 5.41 Å². The van der Waals surface area contributed by atoms with Gasteiger partial charge in [-0.1, -0.05) is 49.3 Å². The highest BCUT2D eigenvalue weighted by Gasteiger charge is 2.22. The molecule has 0 amide bonds. The van der Waals surface area contributed by atoms with Gasteiger partial charge in [-0.3, -0.25) is 0 Å². The van der Waals surface area contributed by atoms with Crippen LogP contribution in [-0.4, -0.2) is 22.7 Å². The van der Waals surface area contributed by atoms with Gasteiger partial charge < -0.3 is 9.84 Å². The average Bonchev–Trinajstić information content (AvgIpc) is 2.92. The second kappa shape index (κ2) is 6.66. The Hall–Kier alpha value is -1.68. The summed E-state index contributed by atoms with van der Waals surface area (Å²) in [7, 11) is 0. The van der Waals surface area contributed by atoms with Crippen LogP contribution in [0, 0.1) is 0 Å². The Morgan fingerprint density at radius 3 is 2.65 bits per heavy atom. The fourth-order valence-electron chi connectivity index (χ4n) is 2.58. The fraction of sp³-hybridized carbons (Fsp3) is 0.500. The molecule has 1 aromatic heterocycles. The van der Waals surface area contributed by atoms with Crippen molar-refractivity contribution in [3.05, 3.63) is 48.1 Å². The second-order valence-corrected chi connectivity index (χ2v) is 5.89. The first kappa shape index (κ1) is 14.7. The summed E-state index contributed by atoms with van der Waals surface area (Å²) in [6.45, 7) is 7.66. The van der Waals surface area contributed by atoms with Gasteiger partial charge in [0.15, 0.2) is 6.33 Å². The summed E-state index contributed by atoms with van der Waals surface area (Å²) in [5.74, 6) is 0.687. The van der Waals surface area contributed by atoms with Gasteiger partial charge in [-0.2, -0.15) is 4.98 Å². The van der Waals surface area contributed by atoms with E-state index < -0.39 is 0 Å². The van der Waals surface area contributed by atoms with Gasteiger partial charge in [0, 0.05) is 19.0 Å². The molecule has 0 saturated heterocycles. The number of nitrogens with one attached hydrogen (secondary N) is 1. The van der Waals surface area contributed by atoms with Crippen LogP contribution in [0.15, 0.2) is 41.2 Å². The molecule has 2 aromatic rings. The van der Waals surface area contributed by atoms with E-state index >= 15 is 0 Å². The molecule has 0 fully saturated rings. The molecule has 20 heavy (non-hydrogen) atoms. The number of nitrogens with zero attached hydrogens (tertiary/aromatic N) is 2. The monoisotopic (exact) mass is 273 g/mol. The highest BCUT2D eigenvalue weighted by Crippen LogP contribution is 2.27. The van der Waals surface area contributed by atoms with E-state index in [1.54, 1.807) is 0 Å². The lowest BCUT2D eigenvalue weighted by atomic mass is 9.79. The van der Waals surface area contributed by atoms with Gasteiger partial charge in [0.05, 0.1) is 0 Å². The number of hydrogen-bond donors (Lipinski definition) is 1. The van der Waals surface area contributed by atoms with Crippen molar-refractivity contribution in [2.45, 2.75) is 45.1 Å². The third-order valence-corrected chi connectivity index (χ3v) is 3.61. The predicted octanol–water partition coefficient (Wildman–Crippen LogP) is 2.96. The van der Waals surface area contributed by atoms with Gasteiger partial charge in [-0.05, 0) is 24.3 Å². The van der Waals surface area contributed by atoms with Crippen LogP contribution in [0.5, 0.6) is 0 Å². The minimum absolute atomic E-state index is 0.165. The summed E-state index contributed by atoms with van der Waals surface area (Å²) in [5.41, 5.74) is 1.54. The number of aromatic nitrogens is 2. The molecule has 4 nitrogen and oxygen atoms in total. The molecule has 0 saturated carbocycles. The van der Waals surface area contributed by atoms with Gasteiger partial charge in [-0.25, -0.2) is 0 Å². The summed E-state index contributed by atoms with van der Waals surface area (Å²) in [5, 5.41) is 7.12. The Morgan fingerprint density at radius 2 is 2.00 bits per heavy atom. The zero-order valence-electron chi connectivity index (χ0n) is 12.5.